The maximum atomic E-state index is 13.5. The van der Waals surface area contributed by atoms with E-state index in [-0.39, 0.29) is 17.2 Å². The monoisotopic (exact) mass is 499 g/mol. The van der Waals surface area contributed by atoms with E-state index >= 15 is 0 Å². The SMILES string of the molecule is O=C(CSc1nc2c(sc3ccccc32)c(=O)n1CCc1ccccc1)NCCc1ccccc1. The zero-order valence-electron chi connectivity index (χ0n) is 19.1. The number of carbonyl (C=O) groups excluding carboxylic acids is 1. The van der Waals surface area contributed by atoms with Crippen molar-refractivity contribution in [1.82, 2.24) is 14.9 Å². The molecule has 0 bridgehead atoms. The summed E-state index contributed by atoms with van der Waals surface area (Å²) >= 11 is 2.80. The lowest BCUT2D eigenvalue weighted by Gasteiger charge is -2.12. The van der Waals surface area contributed by atoms with Gasteiger partial charge in [-0.3, -0.25) is 14.2 Å². The first kappa shape index (κ1) is 23.3. The summed E-state index contributed by atoms with van der Waals surface area (Å²) < 4.78 is 3.44. The largest absolute Gasteiger partial charge is 0.355 e. The molecule has 3 aromatic carbocycles. The Morgan fingerprint density at radius 3 is 2.29 bits per heavy atom. The summed E-state index contributed by atoms with van der Waals surface area (Å²) in [5, 5.41) is 4.55. The molecule has 5 aromatic rings. The number of fused-ring (bicyclic) bond motifs is 3. The van der Waals surface area contributed by atoms with E-state index in [1.165, 1.54) is 28.7 Å². The number of thiophene rings is 1. The Morgan fingerprint density at radius 1 is 0.886 bits per heavy atom. The Labute approximate surface area is 211 Å². The van der Waals surface area contributed by atoms with Gasteiger partial charge in [0.2, 0.25) is 5.91 Å². The van der Waals surface area contributed by atoms with Gasteiger partial charge in [-0.25, -0.2) is 4.98 Å². The van der Waals surface area contributed by atoms with Crippen LogP contribution in [0, 0.1) is 0 Å². The highest BCUT2D eigenvalue weighted by molar-refractivity contribution is 7.99. The predicted octanol–water partition coefficient (Wildman–Crippen LogP) is 5.30. The summed E-state index contributed by atoms with van der Waals surface area (Å²) in [5.74, 6) is 0.144. The fourth-order valence-corrected chi connectivity index (χ4v) is 5.96. The molecule has 0 unspecified atom stereocenters. The second kappa shape index (κ2) is 10.9. The minimum Gasteiger partial charge on any atom is -0.355 e. The zero-order valence-corrected chi connectivity index (χ0v) is 20.8. The van der Waals surface area contributed by atoms with E-state index in [1.54, 1.807) is 4.57 Å². The third-order valence-electron chi connectivity index (χ3n) is 5.82. The average molecular weight is 500 g/mol. The van der Waals surface area contributed by atoms with Crippen molar-refractivity contribution in [3.05, 3.63) is 106 Å². The average Bonchev–Trinajstić information content (AvgIpc) is 3.27. The lowest BCUT2D eigenvalue weighted by Crippen LogP contribution is -2.28. The first-order valence-corrected chi connectivity index (χ1v) is 13.4. The molecule has 2 aromatic heterocycles. The molecule has 7 heteroatoms. The van der Waals surface area contributed by atoms with Crippen molar-refractivity contribution in [2.75, 3.05) is 12.3 Å². The van der Waals surface area contributed by atoms with Gasteiger partial charge in [0.1, 0.15) is 4.70 Å². The van der Waals surface area contributed by atoms with Crippen LogP contribution in [0.15, 0.2) is 94.9 Å². The molecule has 0 radical (unpaired) electrons. The molecule has 0 saturated carbocycles. The van der Waals surface area contributed by atoms with Crippen LogP contribution < -0.4 is 10.9 Å². The van der Waals surface area contributed by atoms with Crippen molar-refractivity contribution in [3.8, 4) is 0 Å². The third-order valence-corrected chi connectivity index (χ3v) is 7.95. The number of aryl methyl sites for hydroxylation is 1. The van der Waals surface area contributed by atoms with Crippen LogP contribution in [0.4, 0.5) is 0 Å². The van der Waals surface area contributed by atoms with Gasteiger partial charge in [-0.2, -0.15) is 0 Å². The molecule has 0 aliphatic heterocycles. The van der Waals surface area contributed by atoms with E-state index in [2.05, 4.69) is 29.6 Å². The molecule has 176 valence electrons. The fourth-order valence-electron chi connectivity index (χ4n) is 4.02. The highest BCUT2D eigenvalue weighted by atomic mass is 32.2. The molecular formula is C28H25N3O2S2. The number of thioether (sulfide) groups is 1. The molecule has 0 spiro atoms. The minimum atomic E-state index is -0.0648. The standard InChI is InChI=1S/C28H25N3O2S2/c32-24(29-17-15-20-9-3-1-4-10-20)19-34-28-30-25-22-13-7-8-14-23(22)35-26(25)27(33)31(28)18-16-21-11-5-2-6-12-21/h1-14H,15-19H2,(H,29,32). The van der Waals surface area contributed by atoms with E-state index < -0.39 is 0 Å². The molecular weight excluding hydrogens is 474 g/mol. The lowest BCUT2D eigenvalue weighted by molar-refractivity contribution is -0.118. The van der Waals surface area contributed by atoms with Crippen molar-refractivity contribution in [3.63, 3.8) is 0 Å². The van der Waals surface area contributed by atoms with Crippen LogP contribution in [0.5, 0.6) is 0 Å². The molecule has 5 nitrogen and oxygen atoms in total. The third kappa shape index (κ3) is 5.47. The molecule has 0 fully saturated rings. The maximum Gasteiger partial charge on any atom is 0.272 e. The quantitative estimate of drug-likeness (QED) is 0.221. The molecule has 0 aliphatic rings. The summed E-state index contributed by atoms with van der Waals surface area (Å²) in [6.07, 6.45) is 1.50. The molecule has 5 rings (SSSR count). The van der Waals surface area contributed by atoms with E-state index in [0.717, 1.165) is 34.0 Å². The number of amides is 1. The Hall–Kier alpha value is -3.42. The lowest BCUT2D eigenvalue weighted by atomic mass is 10.1. The number of aromatic nitrogens is 2. The first-order valence-electron chi connectivity index (χ1n) is 11.6. The second-order valence-corrected chi connectivity index (χ2v) is 10.2. The summed E-state index contributed by atoms with van der Waals surface area (Å²) in [5.41, 5.74) is 3.02. The van der Waals surface area contributed by atoms with Gasteiger partial charge in [-0.15, -0.1) is 11.3 Å². The van der Waals surface area contributed by atoms with Gasteiger partial charge in [-0.1, -0.05) is 90.6 Å². The van der Waals surface area contributed by atoms with Crippen LogP contribution >= 0.6 is 23.1 Å². The molecule has 0 atom stereocenters. The summed E-state index contributed by atoms with van der Waals surface area (Å²) in [6, 6.07) is 28.1. The number of nitrogens with one attached hydrogen (secondary N) is 1. The second-order valence-electron chi connectivity index (χ2n) is 8.24. The number of hydrogen-bond acceptors (Lipinski definition) is 5. The molecule has 1 N–H and O–H groups in total. The number of benzene rings is 3. The molecule has 0 aliphatic carbocycles. The van der Waals surface area contributed by atoms with Crippen LogP contribution in [0.3, 0.4) is 0 Å². The summed E-state index contributed by atoms with van der Waals surface area (Å²) in [7, 11) is 0. The number of carbonyl (C=O) groups is 1. The van der Waals surface area contributed by atoms with E-state index in [4.69, 9.17) is 4.98 Å². The summed E-state index contributed by atoms with van der Waals surface area (Å²) in [4.78, 5) is 31.0. The molecule has 35 heavy (non-hydrogen) atoms. The molecule has 0 saturated heterocycles. The number of nitrogens with zero attached hydrogens (tertiary/aromatic N) is 2. The zero-order chi connectivity index (χ0) is 24.0. The maximum absolute atomic E-state index is 13.5. The smallest absolute Gasteiger partial charge is 0.272 e. The minimum absolute atomic E-state index is 0.0425. The fraction of sp³-hybridized carbons (Fsp3) is 0.179. The Kier molecular flexibility index (Phi) is 7.25. The van der Waals surface area contributed by atoms with E-state index in [9.17, 15) is 9.59 Å². The van der Waals surface area contributed by atoms with Crippen molar-refractivity contribution in [1.29, 1.82) is 0 Å². The highest BCUT2D eigenvalue weighted by Gasteiger charge is 2.17. The normalized spacial score (nSPS) is 11.2. The van der Waals surface area contributed by atoms with Gasteiger partial charge < -0.3 is 5.32 Å². The molecule has 1 amide bonds. The van der Waals surface area contributed by atoms with Gasteiger partial charge in [0.25, 0.3) is 5.56 Å². The van der Waals surface area contributed by atoms with Crippen LogP contribution in [0.1, 0.15) is 11.1 Å². The van der Waals surface area contributed by atoms with Gasteiger partial charge in [0.05, 0.1) is 11.3 Å². The van der Waals surface area contributed by atoms with E-state index in [1.807, 2.05) is 60.7 Å². The predicted molar refractivity (Wildman–Crippen MR) is 145 cm³/mol. The van der Waals surface area contributed by atoms with Crippen LogP contribution in [-0.2, 0) is 24.2 Å². The highest BCUT2D eigenvalue weighted by Crippen LogP contribution is 2.31. The molecule has 2 heterocycles. The topological polar surface area (TPSA) is 64.0 Å². The van der Waals surface area contributed by atoms with Gasteiger partial charge in [0.15, 0.2) is 5.16 Å². The Bertz CT molecular complexity index is 1510. The van der Waals surface area contributed by atoms with Crippen LogP contribution in [0.2, 0.25) is 0 Å². The van der Waals surface area contributed by atoms with E-state index in [0.29, 0.717) is 22.9 Å². The van der Waals surface area contributed by atoms with Gasteiger partial charge >= 0.3 is 0 Å². The number of rotatable bonds is 9. The Balaban J connectivity index is 1.37. The van der Waals surface area contributed by atoms with Crippen LogP contribution in [-0.4, -0.2) is 27.8 Å². The number of hydrogen-bond donors (Lipinski definition) is 1. The summed E-state index contributed by atoms with van der Waals surface area (Å²) in [6.45, 7) is 1.09. The van der Waals surface area contributed by atoms with Gasteiger partial charge in [-0.05, 0) is 30.0 Å². The first-order chi connectivity index (χ1) is 17.2. The van der Waals surface area contributed by atoms with Crippen molar-refractivity contribution < 1.29 is 4.79 Å². The van der Waals surface area contributed by atoms with Crippen molar-refractivity contribution in [2.24, 2.45) is 0 Å². The van der Waals surface area contributed by atoms with Crippen molar-refractivity contribution >= 4 is 49.3 Å². The van der Waals surface area contributed by atoms with Crippen LogP contribution in [0.25, 0.3) is 20.3 Å². The van der Waals surface area contributed by atoms with Gasteiger partial charge in [0, 0.05) is 23.2 Å². The van der Waals surface area contributed by atoms with Crippen molar-refractivity contribution in [2.45, 2.75) is 24.5 Å². The Morgan fingerprint density at radius 2 is 1.54 bits per heavy atom.